The van der Waals surface area contributed by atoms with E-state index in [1.807, 2.05) is 0 Å². The Labute approximate surface area is 128 Å². The molecule has 1 heterocycles. The van der Waals surface area contributed by atoms with Crippen LogP contribution >= 0.6 is 0 Å². The van der Waals surface area contributed by atoms with E-state index in [0.29, 0.717) is 29.9 Å². The third kappa shape index (κ3) is 3.77. The number of rotatable bonds is 4. The molecule has 1 aromatic heterocycles. The van der Waals surface area contributed by atoms with Crippen molar-refractivity contribution in [2.75, 3.05) is 5.32 Å². The molecule has 0 saturated carbocycles. The van der Waals surface area contributed by atoms with Crippen molar-refractivity contribution in [3.05, 3.63) is 53.1 Å². The van der Waals surface area contributed by atoms with E-state index in [9.17, 15) is 22.4 Å². The number of alkyl halides is 3. The van der Waals surface area contributed by atoms with E-state index in [1.54, 1.807) is 6.92 Å². The van der Waals surface area contributed by atoms with Crippen molar-refractivity contribution < 1.29 is 27.5 Å². The number of hydrogen-bond donors (Lipinski definition) is 2. The van der Waals surface area contributed by atoms with Gasteiger partial charge in [0, 0.05) is 11.9 Å². The molecule has 0 amide bonds. The molecule has 0 aliphatic rings. The first-order valence-corrected chi connectivity index (χ1v) is 6.58. The van der Waals surface area contributed by atoms with Crippen LogP contribution in [0.1, 0.15) is 28.5 Å². The smallest absolute Gasteiger partial charge is 0.433 e. The number of halogens is 4. The molecule has 0 bridgehead atoms. The Balaban J connectivity index is 2.51. The Morgan fingerprint density at radius 2 is 1.96 bits per heavy atom. The number of aromatic nitrogens is 1. The molecule has 2 N–H and O–H groups in total. The fourth-order valence-corrected chi connectivity index (χ4v) is 2.01. The Kier molecular flexibility index (Phi) is 4.53. The van der Waals surface area contributed by atoms with Gasteiger partial charge in [-0.25, -0.2) is 9.18 Å². The maximum absolute atomic E-state index is 13.2. The average molecular weight is 328 g/mol. The third-order valence-corrected chi connectivity index (χ3v) is 3.14. The van der Waals surface area contributed by atoms with Crippen molar-refractivity contribution in [2.45, 2.75) is 19.5 Å². The van der Waals surface area contributed by atoms with Crippen molar-refractivity contribution in [1.29, 1.82) is 0 Å². The molecule has 4 nitrogen and oxygen atoms in total. The van der Waals surface area contributed by atoms with Gasteiger partial charge in [-0.1, -0.05) is 6.92 Å². The SMILES string of the molecule is CCc1cc(F)ccc1Nc1cc(C(F)(F)F)ncc1C(=O)O. The molecule has 1 aromatic carbocycles. The van der Waals surface area contributed by atoms with Gasteiger partial charge < -0.3 is 10.4 Å². The molecular weight excluding hydrogens is 316 g/mol. The molecule has 2 aromatic rings. The minimum absolute atomic E-state index is 0.263. The van der Waals surface area contributed by atoms with Gasteiger partial charge in [0.2, 0.25) is 0 Å². The monoisotopic (exact) mass is 328 g/mol. The fraction of sp³-hybridized carbons (Fsp3) is 0.200. The normalized spacial score (nSPS) is 11.3. The number of nitrogens with one attached hydrogen (secondary N) is 1. The second-order valence-corrected chi connectivity index (χ2v) is 4.70. The Bertz CT molecular complexity index is 745. The lowest BCUT2D eigenvalue weighted by molar-refractivity contribution is -0.141. The van der Waals surface area contributed by atoms with E-state index in [-0.39, 0.29) is 5.69 Å². The van der Waals surface area contributed by atoms with Crippen LogP contribution in [0.25, 0.3) is 0 Å². The molecule has 0 aliphatic heterocycles. The molecule has 2 rings (SSSR count). The first-order valence-electron chi connectivity index (χ1n) is 6.58. The van der Waals surface area contributed by atoms with Crippen LogP contribution in [0.2, 0.25) is 0 Å². The predicted octanol–water partition coefficient (Wildman–Crippen LogP) is 4.24. The fourth-order valence-electron chi connectivity index (χ4n) is 2.01. The zero-order valence-corrected chi connectivity index (χ0v) is 11.9. The largest absolute Gasteiger partial charge is 0.478 e. The van der Waals surface area contributed by atoms with Gasteiger partial charge in [-0.2, -0.15) is 13.2 Å². The Morgan fingerprint density at radius 1 is 1.26 bits per heavy atom. The molecule has 0 unspecified atom stereocenters. The summed E-state index contributed by atoms with van der Waals surface area (Å²) in [7, 11) is 0. The highest BCUT2D eigenvalue weighted by Gasteiger charge is 2.33. The lowest BCUT2D eigenvalue weighted by Gasteiger charge is -2.15. The number of pyridine rings is 1. The number of aromatic carboxylic acids is 1. The molecular formula is C15H12F4N2O2. The van der Waals surface area contributed by atoms with E-state index in [1.165, 1.54) is 12.1 Å². The van der Waals surface area contributed by atoms with Crippen molar-refractivity contribution in [3.8, 4) is 0 Å². The van der Waals surface area contributed by atoms with E-state index in [4.69, 9.17) is 5.11 Å². The number of benzene rings is 1. The van der Waals surface area contributed by atoms with E-state index >= 15 is 0 Å². The maximum atomic E-state index is 13.2. The lowest BCUT2D eigenvalue weighted by Crippen LogP contribution is -2.12. The summed E-state index contributed by atoms with van der Waals surface area (Å²) in [5, 5.41) is 11.7. The zero-order valence-electron chi connectivity index (χ0n) is 11.9. The second-order valence-electron chi connectivity index (χ2n) is 4.70. The predicted molar refractivity (Wildman–Crippen MR) is 75.3 cm³/mol. The molecule has 0 fully saturated rings. The molecule has 23 heavy (non-hydrogen) atoms. The minimum atomic E-state index is -4.70. The summed E-state index contributed by atoms with van der Waals surface area (Å²) < 4.78 is 51.5. The van der Waals surface area contributed by atoms with Gasteiger partial charge in [0.05, 0.1) is 5.69 Å². The highest BCUT2D eigenvalue weighted by molar-refractivity contribution is 5.95. The molecule has 0 spiro atoms. The van der Waals surface area contributed by atoms with Crippen molar-refractivity contribution >= 4 is 17.3 Å². The number of carbonyl (C=O) groups is 1. The number of carboxylic acid groups (broad SMARTS) is 1. The van der Waals surface area contributed by atoms with Crippen LogP contribution in [0.15, 0.2) is 30.5 Å². The summed E-state index contributed by atoms with van der Waals surface area (Å²) in [5.41, 5.74) is -1.06. The number of hydrogen-bond acceptors (Lipinski definition) is 3. The topological polar surface area (TPSA) is 62.2 Å². The number of anilines is 2. The lowest BCUT2D eigenvalue weighted by atomic mass is 10.1. The van der Waals surface area contributed by atoms with Crippen LogP contribution in [0.4, 0.5) is 28.9 Å². The number of carboxylic acids is 1. The van der Waals surface area contributed by atoms with Crippen LogP contribution < -0.4 is 5.32 Å². The third-order valence-electron chi connectivity index (χ3n) is 3.14. The summed E-state index contributed by atoms with van der Waals surface area (Å²) in [4.78, 5) is 14.3. The quantitative estimate of drug-likeness (QED) is 0.824. The van der Waals surface area contributed by atoms with Gasteiger partial charge in [0.1, 0.15) is 17.1 Å². The Morgan fingerprint density at radius 3 is 2.52 bits per heavy atom. The van der Waals surface area contributed by atoms with Gasteiger partial charge in [-0.15, -0.1) is 0 Å². The van der Waals surface area contributed by atoms with Gasteiger partial charge in [0.15, 0.2) is 0 Å². The molecule has 0 aliphatic carbocycles. The minimum Gasteiger partial charge on any atom is -0.478 e. The van der Waals surface area contributed by atoms with Gasteiger partial charge in [-0.3, -0.25) is 4.98 Å². The van der Waals surface area contributed by atoms with E-state index in [2.05, 4.69) is 10.3 Å². The first-order chi connectivity index (χ1) is 10.7. The molecule has 0 saturated heterocycles. The van der Waals surface area contributed by atoms with Gasteiger partial charge in [0.25, 0.3) is 0 Å². The average Bonchev–Trinajstić information content (AvgIpc) is 2.47. The number of nitrogens with zero attached hydrogens (tertiary/aromatic N) is 1. The van der Waals surface area contributed by atoms with Crippen LogP contribution in [-0.2, 0) is 12.6 Å². The zero-order chi connectivity index (χ0) is 17.2. The van der Waals surface area contributed by atoms with Crippen molar-refractivity contribution in [3.63, 3.8) is 0 Å². The Hall–Kier alpha value is -2.64. The van der Waals surface area contributed by atoms with E-state index < -0.39 is 29.2 Å². The standard InChI is InChI=1S/C15H12F4N2O2/c1-2-8-5-9(16)3-4-11(8)21-12-6-13(15(17,18)19)20-7-10(12)14(22)23/h3-7H,2H2,1H3,(H,20,21)(H,22,23). The molecule has 8 heteroatoms. The van der Waals surface area contributed by atoms with Gasteiger partial charge in [-0.05, 0) is 36.2 Å². The second kappa shape index (κ2) is 6.23. The van der Waals surface area contributed by atoms with Crippen LogP contribution in [0.5, 0.6) is 0 Å². The van der Waals surface area contributed by atoms with Crippen molar-refractivity contribution in [1.82, 2.24) is 4.98 Å². The number of aryl methyl sites for hydroxylation is 1. The summed E-state index contributed by atoms with van der Waals surface area (Å²) in [6, 6.07) is 4.32. The summed E-state index contributed by atoms with van der Waals surface area (Å²) in [5.74, 6) is -1.91. The molecule has 0 atom stereocenters. The maximum Gasteiger partial charge on any atom is 0.433 e. The summed E-state index contributed by atoms with van der Waals surface area (Å²) in [6.45, 7) is 1.74. The first kappa shape index (κ1) is 16.7. The highest BCUT2D eigenvalue weighted by atomic mass is 19.4. The molecule has 0 radical (unpaired) electrons. The van der Waals surface area contributed by atoms with Crippen LogP contribution in [0.3, 0.4) is 0 Å². The van der Waals surface area contributed by atoms with Crippen LogP contribution in [0, 0.1) is 5.82 Å². The highest BCUT2D eigenvalue weighted by Crippen LogP contribution is 2.32. The summed E-state index contributed by atoms with van der Waals surface area (Å²) >= 11 is 0. The summed E-state index contributed by atoms with van der Waals surface area (Å²) in [6.07, 6.45) is -3.65. The van der Waals surface area contributed by atoms with Crippen LogP contribution in [-0.4, -0.2) is 16.1 Å². The molecule has 122 valence electrons. The van der Waals surface area contributed by atoms with Crippen molar-refractivity contribution in [2.24, 2.45) is 0 Å². The van der Waals surface area contributed by atoms with Gasteiger partial charge >= 0.3 is 12.1 Å². The van der Waals surface area contributed by atoms with E-state index in [0.717, 1.165) is 6.07 Å².